The monoisotopic (exact) mass is 211 g/mol. The first-order valence-corrected chi connectivity index (χ1v) is 4.69. The average molecular weight is 211 g/mol. The molecule has 0 aliphatic carbocycles. The second-order valence-corrected chi connectivity index (χ2v) is 3.11. The van der Waals surface area contributed by atoms with Gasteiger partial charge in [0.25, 0.3) is 0 Å². The zero-order valence-corrected chi connectivity index (χ0v) is 9.37. The molecule has 0 radical (unpaired) electrons. The fourth-order valence-corrected chi connectivity index (χ4v) is 1.46. The van der Waals surface area contributed by atoms with Crippen LogP contribution in [0.3, 0.4) is 0 Å². The first-order valence-electron chi connectivity index (χ1n) is 4.69. The van der Waals surface area contributed by atoms with Crippen LogP contribution in [0.4, 0.5) is 0 Å². The molecule has 1 aromatic carbocycles. The van der Waals surface area contributed by atoms with Crippen molar-refractivity contribution in [3.05, 3.63) is 23.3 Å². The molecular weight excluding hydrogens is 194 g/mol. The van der Waals surface area contributed by atoms with E-state index in [0.29, 0.717) is 13.2 Å². The van der Waals surface area contributed by atoms with Gasteiger partial charge in [-0.25, -0.2) is 0 Å². The predicted molar refractivity (Wildman–Crippen MR) is 58.2 cm³/mol. The number of benzene rings is 1. The Morgan fingerprint density at radius 3 is 2.07 bits per heavy atom. The van der Waals surface area contributed by atoms with Crippen LogP contribution in [0.5, 0.6) is 11.5 Å². The van der Waals surface area contributed by atoms with E-state index in [1.54, 1.807) is 21.3 Å². The maximum atomic E-state index is 5.62. The van der Waals surface area contributed by atoms with Crippen LogP contribution in [-0.2, 0) is 17.9 Å². The summed E-state index contributed by atoms with van der Waals surface area (Å²) in [5.74, 6) is 1.50. The van der Waals surface area contributed by atoms with Gasteiger partial charge in [-0.1, -0.05) is 0 Å². The van der Waals surface area contributed by atoms with Crippen molar-refractivity contribution in [1.82, 2.24) is 0 Å². The molecule has 84 valence electrons. The number of methoxy groups -OCH3 is 3. The van der Waals surface area contributed by atoms with E-state index < -0.39 is 0 Å². The highest BCUT2D eigenvalue weighted by Crippen LogP contribution is 2.29. The van der Waals surface area contributed by atoms with Crippen molar-refractivity contribution in [2.24, 2.45) is 5.73 Å². The minimum Gasteiger partial charge on any atom is -0.496 e. The smallest absolute Gasteiger partial charge is 0.128 e. The Hall–Kier alpha value is -1.26. The zero-order valence-electron chi connectivity index (χ0n) is 9.37. The van der Waals surface area contributed by atoms with Crippen LogP contribution >= 0.6 is 0 Å². The first kappa shape index (κ1) is 11.8. The van der Waals surface area contributed by atoms with Crippen LogP contribution in [-0.4, -0.2) is 21.3 Å². The minimum absolute atomic E-state index is 0.434. The summed E-state index contributed by atoms with van der Waals surface area (Å²) in [5, 5.41) is 0. The van der Waals surface area contributed by atoms with Gasteiger partial charge >= 0.3 is 0 Å². The molecule has 0 aromatic heterocycles. The predicted octanol–water partition coefficient (Wildman–Crippen LogP) is 1.31. The molecule has 0 unspecified atom stereocenters. The summed E-state index contributed by atoms with van der Waals surface area (Å²) in [6.45, 7) is 0.935. The molecule has 1 rings (SSSR count). The average Bonchev–Trinajstić information content (AvgIpc) is 2.28. The summed E-state index contributed by atoms with van der Waals surface area (Å²) in [6, 6.07) is 3.78. The largest absolute Gasteiger partial charge is 0.496 e. The van der Waals surface area contributed by atoms with E-state index in [1.165, 1.54) is 0 Å². The normalized spacial score (nSPS) is 10.1. The Balaban J connectivity index is 3.15. The minimum atomic E-state index is 0.434. The second-order valence-electron chi connectivity index (χ2n) is 3.11. The van der Waals surface area contributed by atoms with Gasteiger partial charge in [0.2, 0.25) is 0 Å². The lowest BCUT2D eigenvalue weighted by molar-refractivity contribution is 0.181. The van der Waals surface area contributed by atoms with Crippen LogP contribution in [0.25, 0.3) is 0 Å². The molecule has 0 saturated carbocycles. The summed E-state index contributed by atoms with van der Waals surface area (Å²) >= 11 is 0. The van der Waals surface area contributed by atoms with E-state index in [1.807, 2.05) is 12.1 Å². The maximum absolute atomic E-state index is 5.62. The van der Waals surface area contributed by atoms with Gasteiger partial charge in [0, 0.05) is 30.8 Å². The van der Waals surface area contributed by atoms with Crippen molar-refractivity contribution < 1.29 is 14.2 Å². The van der Waals surface area contributed by atoms with Crippen molar-refractivity contribution >= 4 is 0 Å². The van der Waals surface area contributed by atoms with Gasteiger partial charge in [-0.3, -0.25) is 0 Å². The van der Waals surface area contributed by atoms with Crippen LogP contribution in [0.1, 0.15) is 11.1 Å². The van der Waals surface area contributed by atoms with Gasteiger partial charge in [0.15, 0.2) is 0 Å². The van der Waals surface area contributed by atoms with Gasteiger partial charge in [-0.2, -0.15) is 0 Å². The lowest BCUT2D eigenvalue weighted by Crippen LogP contribution is -2.03. The molecule has 0 fully saturated rings. The van der Waals surface area contributed by atoms with Gasteiger partial charge in [0.05, 0.1) is 20.8 Å². The molecular formula is C11H17NO3. The van der Waals surface area contributed by atoms with Gasteiger partial charge in [-0.15, -0.1) is 0 Å². The van der Waals surface area contributed by atoms with E-state index in [-0.39, 0.29) is 0 Å². The summed E-state index contributed by atoms with van der Waals surface area (Å²) in [5.41, 5.74) is 7.54. The highest BCUT2D eigenvalue weighted by molar-refractivity contribution is 5.46. The molecule has 4 heteroatoms. The summed E-state index contributed by atoms with van der Waals surface area (Å²) in [7, 11) is 4.88. The highest BCUT2D eigenvalue weighted by atomic mass is 16.5. The van der Waals surface area contributed by atoms with Crippen LogP contribution in [0.15, 0.2) is 12.1 Å². The molecule has 0 spiro atoms. The lowest BCUT2D eigenvalue weighted by Gasteiger charge is -2.13. The Labute approximate surface area is 89.9 Å². The van der Waals surface area contributed by atoms with Crippen molar-refractivity contribution in [2.45, 2.75) is 13.2 Å². The lowest BCUT2D eigenvalue weighted by atomic mass is 10.1. The van der Waals surface area contributed by atoms with Gasteiger partial charge in [0.1, 0.15) is 11.5 Å². The van der Waals surface area contributed by atoms with Crippen molar-refractivity contribution in [1.29, 1.82) is 0 Å². The van der Waals surface area contributed by atoms with E-state index in [9.17, 15) is 0 Å². The van der Waals surface area contributed by atoms with Gasteiger partial charge in [-0.05, 0) is 6.07 Å². The number of rotatable bonds is 5. The molecule has 0 heterocycles. The Kier molecular flexibility index (Phi) is 4.39. The summed E-state index contributed by atoms with van der Waals surface area (Å²) < 4.78 is 15.5. The quantitative estimate of drug-likeness (QED) is 0.797. The molecule has 2 N–H and O–H groups in total. The molecule has 0 aliphatic rings. The van der Waals surface area contributed by atoms with E-state index in [2.05, 4.69) is 0 Å². The molecule has 4 nitrogen and oxygen atoms in total. The molecule has 0 bridgehead atoms. The van der Waals surface area contributed by atoms with Crippen LogP contribution in [0, 0.1) is 0 Å². The van der Waals surface area contributed by atoms with E-state index >= 15 is 0 Å². The SMILES string of the molecule is COCc1cc(CN)c(OC)cc1OC. The fraction of sp³-hybridized carbons (Fsp3) is 0.455. The maximum Gasteiger partial charge on any atom is 0.128 e. The Bertz CT molecular complexity index is 326. The van der Waals surface area contributed by atoms with Crippen LogP contribution in [0.2, 0.25) is 0 Å². The Morgan fingerprint density at radius 2 is 1.60 bits per heavy atom. The fourth-order valence-electron chi connectivity index (χ4n) is 1.46. The molecule has 15 heavy (non-hydrogen) atoms. The molecule has 0 saturated heterocycles. The summed E-state index contributed by atoms with van der Waals surface area (Å²) in [4.78, 5) is 0. The highest BCUT2D eigenvalue weighted by Gasteiger charge is 2.09. The van der Waals surface area contributed by atoms with Crippen molar-refractivity contribution in [2.75, 3.05) is 21.3 Å². The first-order chi connectivity index (χ1) is 7.26. The van der Waals surface area contributed by atoms with Gasteiger partial charge < -0.3 is 19.9 Å². The third kappa shape index (κ3) is 2.61. The Morgan fingerprint density at radius 1 is 1.00 bits per heavy atom. The standard InChI is InChI=1S/C11H17NO3/c1-13-7-9-4-8(6-12)10(14-2)5-11(9)15-3/h4-5H,6-7,12H2,1-3H3. The van der Waals surface area contributed by atoms with E-state index in [0.717, 1.165) is 22.6 Å². The third-order valence-corrected chi connectivity index (χ3v) is 2.20. The van der Waals surface area contributed by atoms with Crippen molar-refractivity contribution in [3.63, 3.8) is 0 Å². The zero-order chi connectivity index (χ0) is 11.3. The number of ether oxygens (including phenoxy) is 3. The number of nitrogens with two attached hydrogens (primary N) is 1. The molecule has 0 amide bonds. The third-order valence-electron chi connectivity index (χ3n) is 2.20. The topological polar surface area (TPSA) is 53.7 Å². The molecule has 0 aliphatic heterocycles. The number of hydrogen-bond donors (Lipinski definition) is 1. The summed E-state index contributed by atoms with van der Waals surface area (Å²) in [6.07, 6.45) is 0. The van der Waals surface area contributed by atoms with Crippen LogP contribution < -0.4 is 15.2 Å². The van der Waals surface area contributed by atoms with E-state index in [4.69, 9.17) is 19.9 Å². The second kappa shape index (κ2) is 5.58. The number of hydrogen-bond acceptors (Lipinski definition) is 4. The molecule has 0 atom stereocenters. The molecule has 1 aromatic rings. The van der Waals surface area contributed by atoms with Crippen molar-refractivity contribution in [3.8, 4) is 11.5 Å².